The lowest BCUT2D eigenvalue weighted by Gasteiger charge is -2.34. The van der Waals surface area contributed by atoms with Crippen molar-refractivity contribution in [3.05, 3.63) is 71.8 Å². The summed E-state index contributed by atoms with van der Waals surface area (Å²) in [6.45, 7) is 0. The van der Waals surface area contributed by atoms with Crippen molar-refractivity contribution in [1.29, 1.82) is 0 Å². The van der Waals surface area contributed by atoms with Gasteiger partial charge >= 0.3 is 12.0 Å². The van der Waals surface area contributed by atoms with Gasteiger partial charge in [0.1, 0.15) is 0 Å². The van der Waals surface area contributed by atoms with Gasteiger partial charge < -0.3 is 0 Å². The molecule has 0 aliphatic heterocycles. The van der Waals surface area contributed by atoms with Gasteiger partial charge in [0.25, 0.3) is 0 Å². The molecule has 0 amide bonds. The van der Waals surface area contributed by atoms with Crippen molar-refractivity contribution >= 4 is 78.5 Å². The van der Waals surface area contributed by atoms with E-state index in [4.69, 9.17) is 66.5 Å². The third-order valence-corrected chi connectivity index (χ3v) is 10.7. The van der Waals surface area contributed by atoms with Crippen LogP contribution < -0.4 is 0 Å². The van der Waals surface area contributed by atoms with Gasteiger partial charge in [0.05, 0.1) is 0 Å². The second-order valence-corrected chi connectivity index (χ2v) is 22.5. The van der Waals surface area contributed by atoms with Crippen molar-refractivity contribution in [3.63, 3.8) is 0 Å². The normalized spacial score (nSPS) is 15.4. The monoisotopic (exact) mass is 446 g/mol. The predicted molar refractivity (Wildman–Crippen MR) is 105 cm³/mol. The molecule has 0 aliphatic carbocycles. The zero-order chi connectivity index (χ0) is 16.4. The van der Waals surface area contributed by atoms with E-state index >= 15 is 0 Å². The Morgan fingerprint density at radius 1 is 0.500 bits per heavy atom. The van der Waals surface area contributed by atoms with E-state index in [1.807, 2.05) is 60.7 Å². The molecule has 0 aromatic heterocycles. The number of benzene rings is 2. The molecule has 0 unspecified atom stereocenters. The van der Waals surface area contributed by atoms with Gasteiger partial charge in [-0.25, -0.2) is 0 Å². The zero-order valence-electron chi connectivity index (χ0n) is 11.2. The highest BCUT2D eigenvalue weighted by Gasteiger charge is 2.52. The highest BCUT2D eigenvalue weighted by molar-refractivity contribution is 7.67. The molecule has 0 bridgehead atoms. The summed E-state index contributed by atoms with van der Waals surface area (Å²) in [5.74, 6) is 0. The van der Waals surface area contributed by atoms with E-state index in [0.717, 1.165) is 11.1 Å². The summed E-state index contributed by atoms with van der Waals surface area (Å²) in [6, 6.07) is 12.7. The number of rotatable bonds is 5. The molecular weight excluding hydrogens is 437 g/mol. The van der Waals surface area contributed by atoms with Gasteiger partial charge in [0.2, 0.25) is 0 Å². The SMILES string of the molecule is Cl[Si](Cl)(Cl)[C@@H](c1ccccc1)[C@H](c1ccccc1)[Si](Cl)(Cl)Cl. The molecule has 0 radical (unpaired) electrons. The molecule has 0 saturated carbocycles. The lowest BCUT2D eigenvalue weighted by Crippen LogP contribution is -2.38. The summed E-state index contributed by atoms with van der Waals surface area (Å²) >= 11 is 38.4. The molecule has 0 spiro atoms. The average Bonchev–Trinajstić information content (AvgIpc) is 2.44. The molecule has 0 heterocycles. The van der Waals surface area contributed by atoms with Crippen LogP contribution in [0.5, 0.6) is 0 Å². The Labute approximate surface area is 160 Å². The fourth-order valence-corrected chi connectivity index (χ4v) is 12.7. The van der Waals surface area contributed by atoms with E-state index < -0.39 is 23.1 Å². The molecule has 0 aliphatic rings. The maximum atomic E-state index is 6.40. The number of hydrogen-bond acceptors (Lipinski definition) is 0. The summed E-state index contributed by atoms with van der Waals surface area (Å²) in [5.41, 5.74) is 0.948. The quantitative estimate of drug-likeness (QED) is 0.343. The fraction of sp³-hybridized carbons (Fsp3) is 0.143. The van der Waals surface area contributed by atoms with Crippen molar-refractivity contribution in [2.24, 2.45) is 0 Å². The van der Waals surface area contributed by atoms with Crippen molar-refractivity contribution < 1.29 is 0 Å². The molecule has 2 rings (SSSR count). The minimum Gasteiger partial charge on any atom is -0.125 e. The Morgan fingerprint density at radius 3 is 1.00 bits per heavy atom. The third kappa shape index (κ3) is 4.81. The second-order valence-electron chi connectivity index (χ2n) is 4.86. The number of halogens is 6. The highest BCUT2D eigenvalue weighted by Crippen LogP contribution is 2.52. The van der Waals surface area contributed by atoms with Crippen LogP contribution >= 0.6 is 66.5 Å². The van der Waals surface area contributed by atoms with Crippen LogP contribution in [0.4, 0.5) is 0 Å². The standard InChI is InChI=1S/C14H12Cl6Si2/c15-21(16,17)13(11-7-3-1-4-8-11)14(22(18,19)20)12-9-5-2-6-10-12/h1-10,13-14H/t13-,14-/m0/s1. The van der Waals surface area contributed by atoms with Crippen molar-refractivity contribution in [2.75, 3.05) is 0 Å². The van der Waals surface area contributed by atoms with Gasteiger partial charge in [0, 0.05) is 11.1 Å². The first-order chi connectivity index (χ1) is 10.2. The first-order valence-corrected chi connectivity index (χ1v) is 16.7. The van der Waals surface area contributed by atoms with Gasteiger partial charge in [-0.1, -0.05) is 60.7 Å². The molecular formula is C14H12Cl6Si2. The van der Waals surface area contributed by atoms with Crippen LogP contribution in [0.3, 0.4) is 0 Å². The molecule has 2 atom stereocenters. The molecule has 8 heteroatoms. The first kappa shape index (κ1) is 18.9. The topological polar surface area (TPSA) is 0 Å². The maximum absolute atomic E-state index is 6.40. The molecule has 0 N–H and O–H groups in total. The number of hydrogen-bond donors (Lipinski definition) is 0. The molecule has 22 heavy (non-hydrogen) atoms. The van der Waals surface area contributed by atoms with Crippen LogP contribution in [0.15, 0.2) is 60.7 Å². The summed E-state index contributed by atoms with van der Waals surface area (Å²) in [6.07, 6.45) is 0. The Balaban J connectivity index is 2.60. The Hall–Kier alpha value is 0.614. The second kappa shape index (κ2) is 7.67. The Bertz CT molecular complexity index is 539. The van der Waals surface area contributed by atoms with Crippen molar-refractivity contribution in [2.45, 2.75) is 11.1 Å². The maximum Gasteiger partial charge on any atom is 0.348 e. The van der Waals surface area contributed by atoms with E-state index in [1.54, 1.807) is 0 Å². The lowest BCUT2D eigenvalue weighted by atomic mass is 10.0. The first-order valence-electron chi connectivity index (χ1n) is 6.44. The molecule has 118 valence electrons. The van der Waals surface area contributed by atoms with Crippen molar-refractivity contribution in [3.8, 4) is 0 Å². The van der Waals surface area contributed by atoms with Crippen LogP contribution in [0.25, 0.3) is 0 Å². The van der Waals surface area contributed by atoms with E-state index in [0.29, 0.717) is 0 Å². The highest BCUT2D eigenvalue weighted by atomic mass is 35.8. The van der Waals surface area contributed by atoms with Crippen LogP contribution in [-0.2, 0) is 0 Å². The van der Waals surface area contributed by atoms with Crippen LogP contribution in [0, 0.1) is 0 Å². The van der Waals surface area contributed by atoms with Crippen LogP contribution in [0.2, 0.25) is 0 Å². The van der Waals surface area contributed by atoms with Gasteiger partial charge in [0.15, 0.2) is 0 Å². The molecule has 2 aromatic carbocycles. The average molecular weight is 449 g/mol. The molecule has 0 fully saturated rings. The largest absolute Gasteiger partial charge is 0.348 e. The van der Waals surface area contributed by atoms with Gasteiger partial charge in [-0.05, 0) is 11.1 Å². The Morgan fingerprint density at radius 2 is 0.773 bits per heavy atom. The summed E-state index contributed by atoms with van der Waals surface area (Å²) in [7, 11) is 0. The molecule has 0 nitrogen and oxygen atoms in total. The third-order valence-electron chi connectivity index (χ3n) is 3.36. The smallest absolute Gasteiger partial charge is 0.125 e. The van der Waals surface area contributed by atoms with Crippen LogP contribution in [0.1, 0.15) is 22.2 Å². The summed E-state index contributed by atoms with van der Waals surface area (Å²) < 4.78 is 0. The van der Waals surface area contributed by atoms with Gasteiger partial charge in [-0.15, -0.1) is 66.5 Å². The van der Waals surface area contributed by atoms with Gasteiger partial charge in [-0.2, -0.15) is 0 Å². The minimum atomic E-state index is -3.19. The predicted octanol–water partition coefficient (Wildman–Crippen LogP) is 6.94. The molecule has 0 saturated heterocycles. The van der Waals surface area contributed by atoms with E-state index in [1.165, 1.54) is 0 Å². The van der Waals surface area contributed by atoms with Gasteiger partial charge in [-0.3, -0.25) is 0 Å². The Kier molecular flexibility index (Phi) is 6.60. The molecule has 2 aromatic rings. The minimum absolute atomic E-state index is 0.416. The van der Waals surface area contributed by atoms with Crippen LogP contribution in [-0.4, -0.2) is 12.0 Å². The summed E-state index contributed by atoms with van der Waals surface area (Å²) in [5, 5.41) is 0. The van der Waals surface area contributed by atoms with E-state index in [2.05, 4.69) is 0 Å². The fourth-order valence-electron chi connectivity index (χ4n) is 2.46. The zero-order valence-corrected chi connectivity index (χ0v) is 17.7. The summed E-state index contributed by atoms with van der Waals surface area (Å²) in [4.78, 5) is 0. The van der Waals surface area contributed by atoms with E-state index in [9.17, 15) is 0 Å². The van der Waals surface area contributed by atoms with E-state index in [-0.39, 0.29) is 0 Å². The van der Waals surface area contributed by atoms with Crippen molar-refractivity contribution in [1.82, 2.24) is 0 Å². The lowest BCUT2D eigenvalue weighted by molar-refractivity contribution is 0.858.